The topological polar surface area (TPSA) is 67.2 Å². The molecule has 0 unspecified atom stereocenters. The van der Waals surface area contributed by atoms with Crippen molar-refractivity contribution < 1.29 is 24.7 Å². The van der Waals surface area contributed by atoms with Crippen molar-refractivity contribution in [1.82, 2.24) is 9.80 Å². The fourth-order valence-corrected chi connectivity index (χ4v) is 4.96. The second kappa shape index (κ2) is 35.7. The van der Waals surface area contributed by atoms with Gasteiger partial charge in [-0.1, -0.05) is 103 Å². The highest BCUT2D eigenvalue weighted by atomic mass is 19.0. The first-order valence-corrected chi connectivity index (χ1v) is 15.6. The maximum Gasteiger partial charge on any atom is 0.0443 e. The van der Waals surface area contributed by atoms with Gasteiger partial charge in [-0.3, -0.25) is 9.41 Å². The number of halogens is 2. The largest absolute Gasteiger partial charge is 0.396 e. The molecular formula is C30H66F2N2O3. The number of unbranched alkanes of at least 4 members (excludes halogenated alkanes) is 15. The van der Waals surface area contributed by atoms with E-state index in [4.69, 9.17) is 10.2 Å². The van der Waals surface area contributed by atoms with Gasteiger partial charge in [-0.2, -0.15) is 0 Å². The van der Waals surface area contributed by atoms with E-state index >= 15 is 0 Å². The van der Waals surface area contributed by atoms with Crippen molar-refractivity contribution in [2.24, 2.45) is 0 Å². The van der Waals surface area contributed by atoms with Crippen molar-refractivity contribution in [3.8, 4) is 0 Å². The van der Waals surface area contributed by atoms with Crippen LogP contribution in [0.3, 0.4) is 0 Å². The summed E-state index contributed by atoms with van der Waals surface area (Å²) in [6.45, 7) is 9.08. The smallest absolute Gasteiger partial charge is 0.0443 e. The molecule has 0 amide bonds. The molecule has 0 aliphatic rings. The lowest BCUT2D eigenvalue weighted by Gasteiger charge is -2.25. The van der Waals surface area contributed by atoms with Crippen LogP contribution >= 0.6 is 0 Å². The molecule has 5 nitrogen and oxygen atoms in total. The number of rotatable bonds is 30. The first-order chi connectivity index (χ1) is 17.3. The van der Waals surface area contributed by atoms with Gasteiger partial charge in [0.25, 0.3) is 0 Å². The molecule has 0 aromatic heterocycles. The van der Waals surface area contributed by atoms with E-state index in [1.807, 2.05) is 0 Å². The molecule has 0 aromatic rings. The van der Waals surface area contributed by atoms with Crippen LogP contribution in [-0.4, -0.2) is 84.2 Å². The van der Waals surface area contributed by atoms with E-state index < -0.39 is 0 Å². The zero-order chi connectivity index (χ0) is 25.7. The number of hydrogen-bond acceptors (Lipinski definition) is 5. The molecule has 0 aliphatic heterocycles. The minimum absolute atomic E-state index is 0. The van der Waals surface area contributed by atoms with Gasteiger partial charge < -0.3 is 25.1 Å². The van der Waals surface area contributed by atoms with Crippen molar-refractivity contribution in [3.63, 3.8) is 0 Å². The average molecular weight is 541 g/mol. The molecule has 0 saturated heterocycles. The lowest BCUT2D eigenvalue weighted by molar-refractivity contribution is 0.182. The SMILES string of the molecule is CCCCCCCCCCCCCCCCCCN(CCCO)CCCN(CCCO)CCCO.F.F. The molecule has 0 fully saturated rings. The van der Waals surface area contributed by atoms with Gasteiger partial charge in [-0.05, 0) is 51.7 Å². The summed E-state index contributed by atoms with van der Waals surface area (Å²) < 4.78 is 0. The van der Waals surface area contributed by atoms with Gasteiger partial charge in [0.05, 0.1) is 0 Å². The zero-order valence-electron chi connectivity index (χ0n) is 24.6. The van der Waals surface area contributed by atoms with E-state index in [9.17, 15) is 5.11 Å². The van der Waals surface area contributed by atoms with Crippen molar-refractivity contribution >= 4 is 0 Å². The summed E-state index contributed by atoms with van der Waals surface area (Å²) >= 11 is 0. The lowest BCUT2D eigenvalue weighted by Crippen LogP contribution is -2.33. The Labute approximate surface area is 229 Å². The molecule has 0 saturated carbocycles. The predicted molar refractivity (Wildman–Crippen MR) is 157 cm³/mol. The first-order valence-electron chi connectivity index (χ1n) is 15.6. The van der Waals surface area contributed by atoms with Crippen molar-refractivity contribution in [1.29, 1.82) is 0 Å². The van der Waals surface area contributed by atoms with Gasteiger partial charge in [0.1, 0.15) is 0 Å². The maximum atomic E-state index is 9.25. The van der Waals surface area contributed by atoms with Crippen LogP contribution in [0.1, 0.15) is 135 Å². The monoisotopic (exact) mass is 541 g/mol. The molecule has 0 heterocycles. The zero-order valence-corrected chi connectivity index (χ0v) is 24.6. The highest BCUT2D eigenvalue weighted by molar-refractivity contribution is 4.63. The van der Waals surface area contributed by atoms with E-state index in [2.05, 4.69) is 16.7 Å². The quantitative estimate of drug-likeness (QED) is 0.0885. The summed E-state index contributed by atoms with van der Waals surface area (Å²) in [6.07, 6.45) is 26.1. The van der Waals surface area contributed by atoms with Crippen LogP contribution in [0.5, 0.6) is 0 Å². The Hall–Kier alpha value is -0.340. The third-order valence-corrected chi connectivity index (χ3v) is 7.17. The minimum Gasteiger partial charge on any atom is -0.396 e. The summed E-state index contributed by atoms with van der Waals surface area (Å²) in [7, 11) is 0. The standard InChI is InChI=1S/C30H64N2O3.2FH/c1-2-3-4-5-6-7-8-9-10-11-12-13-14-15-16-17-22-31(25-19-28-33)23-18-24-32(26-20-29-34)27-21-30-35;;/h33-35H,2-30H2,1H3;2*1H. The third kappa shape index (κ3) is 31.8. The van der Waals surface area contributed by atoms with E-state index in [1.165, 1.54) is 103 Å². The number of hydrogen-bond donors (Lipinski definition) is 3. The molecule has 0 atom stereocenters. The summed E-state index contributed by atoms with van der Waals surface area (Å²) in [5.41, 5.74) is 0. The highest BCUT2D eigenvalue weighted by Crippen LogP contribution is 2.14. The van der Waals surface area contributed by atoms with Gasteiger partial charge in [0.15, 0.2) is 0 Å². The molecule has 0 spiro atoms. The molecule has 0 aliphatic carbocycles. The van der Waals surface area contributed by atoms with Crippen LogP contribution in [0, 0.1) is 0 Å². The number of nitrogens with zero attached hydrogens (tertiary/aromatic N) is 2. The lowest BCUT2D eigenvalue weighted by atomic mass is 10.0. The molecule has 0 radical (unpaired) electrons. The highest BCUT2D eigenvalue weighted by Gasteiger charge is 2.08. The van der Waals surface area contributed by atoms with E-state index in [0.29, 0.717) is 0 Å². The van der Waals surface area contributed by atoms with Crippen molar-refractivity contribution in [3.05, 3.63) is 0 Å². The minimum atomic E-state index is 0. The second-order valence-electron chi connectivity index (χ2n) is 10.6. The normalized spacial score (nSPS) is 11.2. The average Bonchev–Trinajstić information content (AvgIpc) is 2.87. The molecule has 3 N–H and O–H groups in total. The Kier molecular flexibility index (Phi) is 39.7. The summed E-state index contributed by atoms with van der Waals surface area (Å²) in [4.78, 5) is 4.89. The Bertz CT molecular complexity index is 388. The maximum absolute atomic E-state index is 9.25. The van der Waals surface area contributed by atoms with Crippen LogP contribution in [0.4, 0.5) is 9.41 Å². The van der Waals surface area contributed by atoms with Crippen LogP contribution in [-0.2, 0) is 0 Å². The molecule has 0 aromatic carbocycles. The van der Waals surface area contributed by atoms with E-state index in [0.717, 1.165) is 65.0 Å². The van der Waals surface area contributed by atoms with Gasteiger partial charge >= 0.3 is 0 Å². The fraction of sp³-hybridized carbons (Fsp3) is 1.00. The number of aliphatic hydroxyl groups excluding tert-OH is 3. The van der Waals surface area contributed by atoms with Crippen LogP contribution < -0.4 is 0 Å². The Morgan fingerprint density at radius 1 is 0.324 bits per heavy atom. The van der Waals surface area contributed by atoms with Crippen molar-refractivity contribution in [2.75, 3.05) is 59.1 Å². The Morgan fingerprint density at radius 2 is 0.568 bits per heavy atom. The third-order valence-electron chi connectivity index (χ3n) is 7.17. The van der Waals surface area contributed by atoms with E-state index in [1.54, 1.807) is 0 Å². The molecule has 228 valence electrons. The van der Waals surface area contributed by atoms with Crippen LogP contribution in [0.15, 0.2) is 0 Å². The first kappa shape index (κ1) is 41.1. The van der Waals surface area contributed by atoms with Crippen LogP contribution in [0.25, 0.3) is 0 Å². The van der Waals surface area contributed by atoms with Gasteiger partial charge in [0, 0.05) is 39.5 Å². The second-order valence-corrected chi connectivity index (χ2v) is 10.6. The summed E-state index contributed by atoms with van der Waals surface area (Å²) in [5.74, 6) is 0. The molecule has 7 heteroatoms. The molecule has 0 rings (SSSR count). The van der Waals surface area contributed by atoms with E-state index in [-0.39, 0.29) is 29.2 Å². The fourth-order valence-electron chi connectivity index (χ4n) is 4.96. The summed E-state index contributed by atoms with van der Waals surface area (Å²) in [5, 5.41) is 27.5. The predicted octanol–water partition coefficient (Wildman–Crippen LogP) is 6.69. The van der Waals surface area contributed by atoms with Crippen LogP contribution in [0.2, 0.25) is 0 Å². The van der Waals surface area contributed by atoms with Gasteiger partial charge in [-0.15, -0.1) is 0 Å². The van der Waals surface area contributed by atoms with Gasteiger partial charge in [0.2, 0.25) is 0 Å². The Morgan fingerprint density at radius 3 is 0.865 bits per heavy atom. The Balaban J connectivity index is -0.00000578. The summed E-state index contributed by atoms with van der Waals surface area (Å²) in [6, 6.07) is 0. The van der Waals surface area contributed by atoms with Gasteiger partial charge in [-0.25, -0.2) is 0 Å². The molecule has 0 bridgehead atoms. The molecular weight excluding hydrogens is 474 g/mol. The number of aliphatic hydroxyl groups is 3. The van der Waals surface area contributed by atoms with Crippen molar-refractivity contribution in [2.45, 2.75) is 135 Å². The molecule has 37 heavy (non-hydrogen) atoms.